The Bertz CT molecular complexity index is 557. The van der Waals surface area contributed by atoms with Gasteiger partial charge < -0.3 is 9.84 Å². The van der Waals surface area contributed by atoms with Crippen molar-refractivity contribution in [3.63, 3.8) is 0 Å². The molecule has 2 N–H and O–H groups in total. The summed E-state index contributed by atoms with van der Waals surface area (Å²) < 4.78 is 46.7. The number of hydrogen-bond donors (Lipinski definition) is 2. The van der Waals surface area contributed by atoms with Crippen LogP contribution in [-0.4, -0.2) is 61.8 Å². The maximum atomic E-state index is 14.9. The maximum Gasteiger partial charge on any atom is 0.304 e. The number of carbonyl (C=O) groups is 1. The van der Waals surface area contributed by atoms with Gasteiger partial charge in [0.1, 0.15) is 6.17 Å². The number of amides is 1. The molecule has 3 aliphatic rings. The van der Waals surface area contributed by atoms with E-state index in [-0.39, 0.29) is 17.9 Å². The number of rotatable bonds is 2. The molecule has 1 heterocycles. The highest BCUT2D eigenvalue weighted by molar-refractivity contribution is 7.88. The van der Waals surface area contributed by atoms with Gasteiger partial charge in [0.25, 0.3) is 0 Å². The van der Waals surface area contributed by atoms with Gasteiger partial charge in [-0.15, -0.1) is 0 Å². The van der Waals surface area contributed by atoms with Crippen molar-refractivity contribution in [1.82, 2.24) is 9.03 Å². The summed E-state index contributed by atoms with van der Waals surface area (Å²) in [5, 5.41) is 10.3. The Hall–Kier alpha value is -0.770. The monoisotopic (exact) mass is 336 g/mol. The molecular formula is C13H21FN2O5S. The van der Waals surface area contributed by atoms with Gasteiger partial charge in [-0.1, -0.05) is 0 Å². The first-order chi connectivity index (χ1) is 10.3. The molecule has 22 heavy (non-hydrogen) atoms. The Kier molecular flexibility index (Phi) is 4.17. The van der Waals surface area contributed by atoms with Crippen LogP contribution in [0.1, 0.15) is 25.7 Å². The van der Waals surface area contributed by atoms with Gasteiger partial charge in [0.2, 0.25) is 5.91 Å². The Balaban J connectivity index is 1.81. The number of alkyl halides is 1. The van der Waals surface area contributed by atoms with Gasteiger partial charge in [-0.25, -0.2) is 9.11 Å². The first-order valence-corrected chi connectivity index (χ1v) is 8.95. The molecule has 1 amide bonds. The smallest absolute Gasteiger partial charge is 0.304 e. The average molecular weight is 336 g/mol. The van der Waals surface area contributed by atoms with Crippen LogP contribution in [0.5, 0.6) is 0 Å². The van der Waals surface area contributed by atoms with E-state index in [0.717, 1.165) is 10.7 Å². The van der Waals surface area contributed by atoms with E-state index in [9.17, 15) is 22.7 Å². The van der Waals surface area contributed by atoms with E-state index in [1.165, 1.54) is 0 Å². The molecule has 1 saturated heterocycles. The average Bonchev–Trinajstić information content (AvgIpc) is 2.71. The van der Waals surface area contributed by atoms with Crippen molar-refractivity contribution in [3.8, 4) is 0 Å². The van der Waals surface area contributed by atoms with Crippen LogP contribution in [0, 0.1) is 11.8 Å². The Morgan fingerprint density at radius 2 is 2.09 bits per heavy atom. The molecule has 0 spiro atoms. The predicted octanol–water partition coefficient (Wildman–Crippen LogP) is -0.434. The zero-order chi connectivity index (χ0) is 16.1. The third kappa shape index (κ3) is 2.64. The van der Waals surface area contributed by atoms with Crippen LogP contribution in [0.3, 0.4) is 0 Å². The molecule has 3 rings (SSSR count). The molecule has 0 bridgehead atoms. The van der Waals surface area contributed by atoms with E-state index in [0.29, 0.717) is 19.3 Å². The molecule has 2 saturated carbocycles. The minimum atomic E-state index is -4.05. The first-order valence-electron chi connectivity index (χ1n) is 7.51. The molecule has 0 aromatic heterocycles. The molecule has 126 valence electrons. The van der Waals surface area contributed by atoms with Crippen LogP contribution in [0.2, 0.25) is 0 Å². The fourth-order valence-electron chi connectivity index (χ4n) is 4.14. The Labute approximate surface area is 129 Å². The fraction of sp³-hybridized carbons (Fsp3) is 0.923. The number of halogens is 1. The first kappa shape index (κ1) is 16.1. The highest BCUT2D eigenvalue weighted by atomic mass is 32.2. The number of ether oxygens (including phenoxy) is 1. The van der Waals surface area contributed by atoms with Gasteiger partial charge in [-0.2, -0.15) is 12.7 Å². The van der Waals surface area contributed by atoms with E-state index >= 15 is 0 Å². The summed E-state index contributed by atoms with van der Waals surface area (Å²) in [4.78, 5) is 11.3. The number of hydrogen-bond acceptors (Lipinski definition) is 5. The van der Waals surface area contributed by atoms with Gasteiger partial charge in [0, 0.05) is 7.11 Å². The van der Waals surface area contributed by atoms with Crippen LogP contribution >= 0.6 is 0 Å². The number of nitrogens with one attached hydrogen (secondary N) is 1. The lowest BCUT2D eigenvalue weighted by Gasteiger charge is -2.47. The van der Waals surface area contributed by atoms with Crippen molar-refractivity contribution >= 4 is 16.1 Å². The molecule has 7 nitrogen and oxygen atoms in total. The molecule has 0 radical (unpaired) electrons. The van der Waals surface area contributed by atoms with Crippen molar-refractivity contribution in [2.24, 2.45) is 11.8 Å². The van der Waals surface area contributed by atoms with Gasteiger partial charge in [-0.05, 0) is 37.5 Å². The van der Waals surface area contributed by atoms with Crippen LogP contribution in [0.15, 0.2) is 0 Å². The third-order valence-corrected chi connectivity index (χ3v) is 6.66. The molecule has 0 aromatic rings. The minimum absolute atomic E-state index is 0.0195. The van der Waals surface area contributed by atoms with Crippen LogP contribution in [0.4, 0.5) is 4.39 Å². The van der Waals surface area contributed by atoms with Crippen LogP contribution in [-0.2, 0) is 19.7 Å². The highest BCUT2D eigenvalue weighted by Crippen LogP contribution is 2.44. The Morgan fingerprint density at radius 1 is 1.36 bits per heavy atom. The number of methoxy groups -OCH3 is 1. The van der Waals surface area contributed by atoms with Gasteiger partial charge in [-0.3, -0.25) is 4.79 Å². The minimum Gasteiger partial charge on any atom is -0.391 e. The Morgan fingerprint density at radius 3 is 2.68 bits per heavy atom. The molecule has 9 heteroatoms. The summed E-state index contributed by atoms with van der Waals surface area (Å²) in [6, 6.07) is -1.19. The van der Waals surface area contributed by atoms with Gasteiger partial charge >= 0.3 is 10.2 Å². The predicted molar refractivity (Wildman–Crippen MR) is 74.7 cm³/mol. The van der Waals surface area contributed by atoms with E-state index in [2.05, 4.69) is 0 Å². The van der Waals surface area contributed by atoms with Gasteiger partial charge in [0.05, 0.1) is 24.8 Å². The van der Waals surface area contributed by atoms with E-state index in [1.54, 1.807) is 7.11 Å². The van der Waals surface area contributed by atoms with E-state index in [1.807, 2.05) is 4.72 Å². The number of aliphatic hydroxyl groups is 1. The molecule has 2 aliphatic carbocycles. The second-order valence-corrected chi connectivity index (χ2v) is 8.03. The van der Waals surface area contributed by atoms with Crippen molar-refractivity contribution in [1.29, 1.82) is 0 Å². The fourth-order valence-corrected chi connectivity index (χ4v) is 5.48. The SMILES string of the molecule is COC1CCC2C(C1)CC(O)C(N1CC(=O)NS1(=O)=O)C2F. The van der Waals surface area contributed by atoms with Crippen molar-refractivity contribution in [3.05, 3.63) is 0 Å². The number of nitrogens with zero attached hydrogens (tertiary/aromatic N) is 1. The standard InChI is InChI=1S/C13H21FN2O5S/c1-21-8-2-3-9-7(4-8)5-10(17)13(12(9)14)16-6-11(18)15-22(16,19)20/h7-10,12-13,17H,2-6H2,1H3,(H,15,18). The summed E-state index contributed by atoms with van der Waals surface area (Å²) in [7, 11) is -2.43. The molecule has 0 aromatic carbocycles. The molecule has 3 fully saturated rings. The van der Waals surface area contributed by atoms with Crippen LogP contribution < -0.4 is 4.72 Å². The summed E-state index contributed by atoms with van der Waals surface area (Å²) in [6.07, 6.45) is -0.196. The van der Waals surface area contributed by atoms with Crippen molar-refractivity contribution < 1.29 is 27.4 Å². The maximum absolute atomic E-state index is 14.9. The quantitative estimate of drug-likeness (QED) is 0.713. The van der Waals surface area contributed by atoms with Crippen molar-refractivity contribution in [2.45, 2.75) is 50.1 Å². The zero-order valence-electron chi connectivity index (χ0n) is 12.3. The molecule has 6 atom stereocenters. The lowest BCUT2D eigenvalue weighted by atomic mass is 9.66. The van der Waals surface area contributed by atoms with Crippen LogP contribution in [0.25, 0.3) is 0 Å². The zero-order valence-corrected chi connectivity index (χ0v) is 13.1. The number of aliphatic hydroxyl groups excluding tert-OH is 1. The summed E-state index contributed by atoms with van der Waals surface area (Å²) in [5.41, 5.74) is 0. The van der Waals surface area contributed by atoms with Crippen molar-refractivity contribution in [2.75, 3.05) is 13.7 Å². The topological polar surface area (TPSA) is 95.9 Å². The summed E-state index contributed by atoms with van der Waals surface area (Å²) >= 11 is 0. The summed E-state index contributed by atoms with van der Waals surface area (Å²) in [6.45, 7) is -0.428. The lowest BCUT2D eigenvalue weighted by Crippen LogP contribution is -2.59. The second kappa shape index (κ2) is 5.70. The normalized spacial score (nSPS) is 45.3. The molecule has 1 aliphatic heterocycles. The number of carbonyl (C=O) groups excluding carboxylic acids is 1. The van der Waals surface area contributed by atoms with E-state index < -0.39 is 41.0 Å². The number of fused-ring (bicyclic) bond motifs is 1. The second-order valence-electron chi connectivity index (χ2n) is 6.41. The molecule has 6 unspecified atom stereocenters. The van der Waals surface area contributed by atoms with E-state index in [4.69, 9.17) is 4.74 Å². The third-order valence-electron chi connectivity index (χ3n) is 5.18. The highest BCUT2D eigenvalue weighted by Gasteiger charge is 2.53. The largest absolute Gasteiger partial charge is 0.391 e. The molecular weight excluding hydrogens is 315 g/mol. The van der Waals surface area contributed by atoms with Gasteiger partial charge in [0.15, 0.2) is 0 Å². The lowest BCUT2D eigenvalue weighted by molar-refractivity contribution is -0.120. The summed E-state index contributed by atoms with van der Waals surface area (Å²) in [5.74, 6) is -1.01.